The maximum Gasteiger partial charge on any atom is 0.293 e. The molecule has 2 aliphatic carbocycles. The number of hydrogen-bond acceptors (Lipinski definition) is 5. The summed E-state index contributed by atoms with van der Waals surface area (Å²) in [5.41, 5.74) is 0.476. The minimum Gasteiger partial charge on any atom is -0.298 e. The van der Waals surface area contributed by atoms with Crippen LogP contribution in [0.25, 0.3) is 11.1 Å². The fourth-order valence-electron chi connectivity index (χ4n) is 7.50. The number of fused-ring (bicyclic) bond motifs is 5. The molecule has 38 heavy (non-hydrogen) atoms. The number of allylic oxidation sites excluding steroid dienone is 2. The molecule has 3 aliphatic rings. The normalized spacial score (nSPS) is 27.8. The predicted molar refractivity (Wildman–Crippen MR) is 143 cm³/mol. The number of imide groups is 1. The Morgan fingerprint density at radius 1 is 0.711 bits per heavy atom. The van der Waals surface area contributed by atoms with Crippen molar-refractivity contribution in [3.05, 3.63) is 106 Å². The van der Waals surface area contributed by atoms with Crippen molar-refractivity contribution in [2.75, 3.05) is 4.90 Å². The van der Waals surface area contributed by atoms with Gasteiger partial charge in [-0.25, -0.2) is 4.90 Å². The molecule has 4 unspecified atom stereocenters. The first-order valence-electron chi connectivity index (χ1n) is 12.9. The molecule has 7 nitrogen and oxygen atoms in total. The molecule has 3 aromatic carbocycles. The number of ketones is 1. The number of amides is 2. The second kappa shape index (κ2) is 8.31. The van der Waals surface area contributed by atoms with Crippen molar-refractivity contribution < 1.29 is 19.3 Å². The van der Waals surface area contributed by atoms with E-state index in [1.54, 1.807) is 6.07 Å². The highest BCUT2D eigenvalue weighted by Gasteiger charge is 2.80. The molecule has 1 saturated heterocycles. The highest BCUT2D eigenvalue weighted by molar-refractivity contribution is 6.35. The summed E-state index contributed by atoms with van der Waals surface area (Å²) in [6, 6.07) is 25.0. The van der Waals surface area contributed by atoms with Crippen molar-refractivity contribution in [1.82, 2.24) is 0 Å². The van der Waals surface area contributed by atoms with E-state index in [0.717, 1.165) is 27.2 Å². The summed E-state index contributed by atoms with van der Waals surface area (Å²) in [7, 11) is 0. The summed E-state index contributed by atoms with van der Waals surface area (Å²) < 4.78 is 0. The SMILES string of the molecule is CCC12C(=O)C(CC)(C(c3ccccc3)=C1c1ccccc1)C1C(=O)N(c3ccccc3[N+](=O)[O-])C(=O)C12. The zero-order valence-electron chi connectivity index (χ0n) is 21.1. The number of nitrogens with zero attached hydrogens (tertiary/aromatic N) is 2. The van der Waals surface area contributed by atoms with Crippen LogP contribution in [0.15, 0.2) is 84.9 Å². The van der Waals surface area contributed by atoms with E-state index in [2.05, 4.69) is 0 Å². The monoisotopic (exact) mass is 506 g/mol. The van der Waals surface area contributed by atoms with Crippen molar-refractivity contribution in [2.24, 2.45) is 22.7 Å². The van der Waals surface area contributed by atoms with Gasteiger partial charge >= 0.3 is 0 Å². The van der Waals surface area contributed by atoms with E-state index in [9.17, 15) is 24.5 Å². The van der Waals surface area contributed by atoms with E-state index in [4.69, 9.17) is 0 Å². The third kappa shape index (κ3) is 2.71. The standard InChI is InChI=1S/C31H26N2O5/c1-3-30-23(19-13-7-5-8-14-19)24(20-15-9-6-10-16-20)31(4-2,29(30)36)26-25(30)27(34)32(28(26)35)21-17-11-12-18-22(21)33(37)38/h5-18,25-26H,3-4H2,1-2H3. The van der Waals surface area contributed by atoms with Gasteiger partial charge in [0.1, 0.15) is 5.69 Å². The Labute approximate surface area is 219 Å². The zero-order chi connectivity index (χ0) is 26.8. The molecule has 3 aromatic rings. The Morgan fingerprint density at radius 2 is 1.13 bits per heavy atom. The smallest absolute Gasteiger partial charge is 0.293 e. The lowest BCUT2D eigenvalue weighted by molar-refractivity contribution is -0.384. The average molecular weight is 507 g/mol. The Kier molecular flexibility index (Phi) is 5.24. The van der Waals surface area contributed by atoms with Gasteiger partial charge in [-0.1, -0.05) is 86.6 Å². The van der Waals surface area contributed by atoms with Crippen LogP contribution in [0.2, 0.25) is 0 Å². The highest BCUT2D eigenvalue weighted by atomic mass is 16.6. The van der Waals surface area contributed by atoms with E-state index < -0.39 is 39.4 Å². The third-order valence-electron chi connectivity index (χ3n) is 8.88. The molecule has 0 aromatic heterocycles. The maximum absolute atomic E-state index is 14.7. The molecule has 1 aliphatic heterocycles. The first-order chi connectivity index (χ1) is 18.4. The Bertz CT molecular complexity index is 1460. The quantitative estimate of drug-likeness (QED) is 0.243. The van der Waals surface area contributed by atoms with E-state index in [0.29, 0.717) is 12.8 Å². The number of carbonyl (C=O) groups is 3. The van der Waals surface area contributed by atoms with Gasteiger partial charge in [0.15, 0.2) is 5.78 Å². The van der Waals surface area contributed by atoms with Crippen LogP contribution in [0, 0.1) is 32.8 Å². The van der Waals surface area contributed by atoms with Gasteiger partial charge in [-0.05, 0) is 41.2 Å². The number of anilines is 1. The number of para-hydroxylation sites is 2. The molecule has 0 N–H and O–H groups in total. The summed E-state index contributed by atoms with van der Waals surface area (Å²) in [6.45, 7) is 3.78. The number of benzene rings is 3. The second-order valence-corrected chi connectivity index (χ2v) is 10.2. The van der Waals surface area contributed by atoms with E-state index in [-0.39, 0.29) is 17.2 Å². The molecular weight excluding hydrogens is 480 g/mol. The number of nitro benzene ring substituents is 1. The van der Waals surface area contributed by atoms with Gasteiger partial charge < -0.3 is 0 Å². The maximum atomic E-state index is 14.7. The molecule has 190 valence electrons. The number of carbonyl (C=O) groups excluding carboxylic acids is 3. The summed E-state index contributed by atoms with van der Waals surface area (Å²) in [5, 5.41) is 11.8. The number of rotatable bonds is 6. The van der Waals surface area contributed by atoms with Gasteiger partial charge in [0.2, 0.25) is 11.8 Å². The topological polar surface area (TPSA) is 97.6 Å². The summed E-state index contributed by atoms with van der Waals surface area (Å²) >= 11 is 0. The molecule has 2 bridgehead atoms. The van der Waals surface area contributed by atoms with E-state index >= 15 is 0 Å². The molecule has 6 rings (SSSR count). The number of nitro groups is 1. The van der Waals surface area contributed by atoms with Gasteiger partial charge in [0.05, 0.1) is 27.6 Å². The van der Waals surface area contributed by atoms with Gasteiger partial charge in [-0.3, -0.25) is 24.5 Å². The van der Waals surface area contributed by atoms with Crippen LogP contribution >= 0.6 is 0 Å². The molecule has 7 heteroatoms. The van der Waals surface area contributed by atoms with Crippen molar-refractivity contribution >= 4 is 40.1 Å². The first kappa shape index (κ1) is 24.0. The highest BCUT2D eigenvalue weighted by Crippen LogP contribution is 2.75. The fraction of sp³-hybridized carbons (Fsp3) is 0.258. The predicted octanol–water partition coefficient (Wildman–Crippen LogP) is 5.70. The van der Waals surface area contributed by atoms with Crippen molar-refractivity contribution in [1.29, 1.82) is 0 Å². The molecule has 0 spiro atoms. The van der Waals surface area contributed by atoms with Crippen LogP contribution in [0.1, 0.15) is 37.8 Å². The van der Waals surface area contributed by atoms with E-state index in [1.807, 2.05) is 74.5 Å². The minimum atomic E-state index is -1.22. The summed E-state index contributed by atoms with van der Waals surface area (Å²) in [5.74, 6) is -3.04. The fourth-order valence-corrected chi connectivity index (χ4v) is 7.50. The third-order valence-corrected chi connectivity index (χ3v) is 8.88. The molecule has 4 atom stereocenters. The molecule has 2 fully saturated rings. The van der Waals surface area contributed by atoms with Crippen LogP contribution in [0.5, 0.6) is 0 Å². The second-order valence-electron chi connectivity index (χ2n) is 10.2. The van der Waals surface area contributed by atoms with Crippen molar-refractivity contribution in [2.45, 2.75) is 26.7 Å². The summed E-state index contributed by atoms with van der Waals surface area (Å²) in [4.78, 5) is 55.4. The van der Waals surface area contributed by atoms with Gasteiger partial charge in [0, 0.05) is 6.07 Å². The van der Waals surface area contributed by atoms with Gasteiger partial charge in [-0.15, -0.1) is 0 Å². The zero-order valence-corrected chi connectivity index (χ0v) is 21.1. The lowest BCUT2D eigenvalue weighted by Gasteiger charge is -2.38. The van der Waals surface area contributed by atoms with Crippen molar-refractivity contribution in [3.63, 3.8) is 0 Å². The number of hydrogen-bond donors (Lipinski definition) is 0. The lowest BCUT2D eigenvalue weighted by atomic mass is 9.60. The van der Waals surface area contributed by atoms with Crippen LogP contribution in [0.3, 0.4) is 0 Å². The molecule has 1 saturated carbocycles. The number of Topliss-reactive ketones (excluding diaryl/α,β-unsaturated/α-hetero) is 1. The van der Waals surface area contributed by atoms with Crippen molar-refractivity contribution in [3.8, 4) is 0 Å². The molecule has 2 amide bonds. The summed E-state index contributed by atoms with van der Waals surface area (Å²) in [6.07, 6.45) is 0.665. The molecular formula is C31H26N2O5. The van der Waals surface area contributed by atoms with Crippen LogP contribution in [0.4, 0.5) is 11.4 Å². The Balaban J connectivity index is 1.67. The Hall–Kier alpha value is -4.39. The van der Waals surface area contributed by atoms with Crippen LogP contribution in [-0.2, 0) is 14.4 Å². The first-order valence-corrected chi connectivity index (χ1v) is 12.9. The average Bonchev–Trinajstić information content (AvgIpc) is 3.45. The van der Waals surface area contributed by atoms with E-state index in [1.165, 1.54) is 18.2 Å². The largest absolute Gasteiger partial charge is 0.298 e. The Morgan fingerprint density at radius 3 is 1.55 bits per heavy atom. The van der Waals surface area contributed by atoms with Gasteiger partial charge in [0.25, 0.3) is 5.69 Å². The minimum absolute atomic E-state index is 0.0474. The molecule has 1 heterocycles. The van der Waals surface area contributed by atoms with Crippen LogP contribution < -0.4 is 4.90 Å². The molecule has 0 radical (unpaired) electrons. The van der Waals surface area contributed by atoms with Gasteiger partial charge in [-0.2, -0.15) is 0 Å². The van der Waals surface area contributed by atoms with Crippen LogP contribution in [-0.4, -0.2) is 22.5 Å². The lowest BCUT2D eigenvalue weighted by Crippen LogP contribution is -2.42.